The monoisotopic (exact) mass is 355 g/mol. The van der Waals surface area contributed by atoms with Crippen LogP contribution in [0.1, 0.15) is 47.6 Å². The first-order valence-corrected chi connectivity index (χ1v) is 9.75. The molecule has 0 saturated carbocycles. The maximum atomic E-state index is 12.8. The molecule has 2 aromatic heterocycles. The van der Waals surface area contributed by atoms with Gasteiger partial charge in [0.05, 0.1) is 17.1 Å². The number of carbonyl (C=O) groups excluding carboxylic acids is 1. The van der Waals surface area contributed by atoms with Crippen molar-refractivity contribution in [3.63, 3.8) is 0 Å². The lowest BCUT2D eigenvalue weighted by molar-refractivity contribution is 0.0767. The van der Waals surface area contributed by atoms with Gasteiger partial charge in [-0.2, -0.15) is 5.10 Å². The zero-order valence-corrected chi connectivity index (χ0v) is 16.0. The maximum absolute atomic E-state index is 12.8. The standard InChI is InChI=1S/C20H25N3OS/c1-4-6-12-22(5-2)19(24)18-13-17-15(3)21-23(20(17)25-18)14-16-10-8-7-9-11-16/h7-11,13H,4-6,12,14H2,1-3H3. The van der Waals surface area contributed by atoms with Crippen molar-refractivity contribution in [3.05, 3.63) is 52.5 Å². The molecule has 25 heavy (non-hydrogen) atoms. The van der Waals surface area contributed by atoms with Gasteiger partial charge in [0.25, 0.3) is 5.91 Å². The number of thiophene rings is 1. The number of rotatable bonds is 7. The Balaban J connectivity index is 1.89. The minimum Gasteiger partial charge on any atom is -0.338 e. The molecule has 1 amide bonds. The smallest absolute Gasteiger partial charge is 0.264 e. The van der Waals surface area contributed by atoms with E-state index >= 15 is 0 Å². The third-order valence-electron chi connectivity index (χ3n) is 4.44. The molecule has 0 radical (unpaired) electrons. The van der Waals surface area contributed by atoms with Crippen LogP contribution in [0.2, 0.25) is 0 Å². The third-order valence-corrected chi connectivity index (χ3v) is 5.58. The zero-order chi connectivity index (χ0) is 17.8. The van der Waals surface area contributed by atoms with Gasteiger partial charge in [0.15, 0.2) is 0 Å². The van der Waals surface area contributed by atoms with E-state index in [1.54, 1.807) is 11.3 Å². The Bertz CT molecular complexity index is 851. The Kier molecular flexibility index (Phi) is 5.53. The SMILES string of the molecule is CCCCN(CC)C(=O)c1cc2c(C)nn(Cc3ccccc3)c2s1. The molecule has 0 atom stereocenters. The van der Waals surface area contributed by atoms with E-state index in [1.807, 2.05) is 47.7 Å². The minimum absolute atomic E-state index is 0.141. The van der Waals surface area contributed by atoms with Crippen molar-refractivity contribution < 1.29 is 4.79 Å². The van der Waals surface area contributed by atoms with Crippen molar-refractivity contribution >= 4 is 27.5 Å². The fourth-order valence-electron chi connectivity index (χ4n) is 2.99. The van der Waals surface area contributed by atoms with E-state index < -0.39 is 0 Å². The van der Waals surface area contributed by atoms with Gasteiger partial charge in [-0.05, 0) is 31.9 Å². The summed E-state index contributed by atoms with van der Waals surface area (Å²) >= 11 is 1.56. The normalized spacial score (nSPS) is 11.2. The number of aromatic nitrogens is 2. The lowest BCUT2D eigenvalue weighted by atomic mass is 10.2. The summed E-state index contributed by atoms with van der Waals surface area (Å²) in [6, 6.07) is 12.3. The molecule has 3 rings (SSSR count). The number of benzene rings is 1. The average Bonchev–Trinajstić information content (AvgIpc) is 3.18. The molecule has 5 heteroatoms. The fraction of sp³-hybridized carbons (Fsp3) is 0.400. The molecule has 4 nitrogen and oxygen atoms in total. The van der Waals surface area contributed by atoms with Gasteiger partial charge in [-0.25, -0.2) is 0 Å². The van der Waals surface area contributed by atoms with Crippen molar-refractivity contribution in [1.82, 2.24) is 14.7 Å². The van der Waals surface area contributed by atoms with Crippen LogP contribution in [0.3, 0.4) is 0 Å². The summed E-state index contributed by atoms with van der Waals surface area (Å²) in [6.07, 6.45) is 2.15. The van der Waals surface area contributed by atoms with Gasteiger partial charge in [0, 0.05) is 18.5 Å². The molecule has 0 aliphatic carbocycles. The average molecular weight is 356 g/mol. The van der Waals surface area contributed by atoms with Crippen LogP contribution in [0.25, 0.3) is 10.2 Å². The zero-order valence-electron chi connectivity index (χ0n) is 15.2. The number of hydrogen-bond donors (Lipinski definition) is 0. The summed E-state index contributed by atoms with van der Waals surface area (Å²) in [4.78, 5) is 16.7. The van der Waals surface area contributed by atoms with Crippen molar-refractivity contribution in [1.29, 1.82) is 0 Å². The number of fused-ring (bicyclic) bond motifs is 1. The van der Waals surface area contributed by atoms with Gasteiger partial charge >= 0.3 is 0 Å². The van der Waals surface area contributed by atoms with Gasteiger partial charge in [0.1, 0.15) is 4.83 Å². The van der Waals surface area contributed by atoms with Gasteiger partial charge in [-0.3, -0.25) is 9.48 Å². The summed E-state index contributed by atoms with van der Waals surface area (Å²) in [7, 11) is 0. The molecule has 0 spiro atoms. The Hall–Kier alpha value is -2.14. The van der Waals surface area contributed by atoms with E-state index in [0.717, 1.165) is 53.3 Å². The highest BCUT2D eigenvalue weighted by Gasteiger charge is 2.20. The van der Waals surface area contributed by atoms with Crippen LogP contribution < -0.4 is 0 Å². The maximum Gasteiger partial charge on any atom is 0.264 e. The van der Waals surface area contributed by atoms with Gasteiger partial charge in [-0.1, -0.05) is 43.7 Å². The Morgan fingerprint density at radius 3 is 2.68 bits per heavy atom. The number of amides is 1. The molecule has 132 valence electrons. The topological polar surface area (TPSA) is 38.1 Å². The van der Waals surface area contributed by atoms with Crippen molar-refractivity contribution in [3.8, 4) is 0 Å². The molecule has 0 bridgehead atoms. The number of nitrogens with zero attached hydrogens (tertiary/aromatic N) is 3. The Labute approximate surface area is 153 Å². The van der Waals surface area contributed by atoms with Crippen LogP contribution in [0.5, 0.6) is 0 Å². The molecule has 0 aliphatic rings. The van der Waals surface area contributed by atoms with E-state index in [2.05, 4.69) is 24.2 Å². The van der Waals surface area contributed by atoms with Gasteiger partial charge in [-0.15, -0.1) is 11.3 Å². The molecule has 1 aromatic carbocycles. The summed E-state index contributed by atoms with van der Waals surface area (Å²) in [5.41, 5.74) is 2.20. The van der Waals surface area contributed by atoms with Crippen LogP contribution >= 0.6 is 11.3 Å². The number of carbonyl (C=O) groups is 1. The third kappa shape index (κ3) is 3.76. The fourth-order valence-corrected chi connectivity index (χ4v) is 4.12. The minimum atomic E-state index is 0.141. The van der Waals surface area contributed by atoms with Crippen LogP contribution in [0, 0.1) is 6.92 Å². The lowest BCUT2D eigenvalue weighted by Crippen LogP contribution is -2.31. The quantitative estimate of drug-likeness (QED) is 0.615. The van der Waals surface area contributed by atoms with Crippen LogP contribution in [-0.2, 0) is 6.54 Å². The first-order chi connectivity index (χ1) is 12.1. The number of aryl methyl sites for hydroxylation is 1. The molecule has 0 saturated heterocycles. The van der Waals surface area contributed by atoms with Crippen molar-refractivity contribution in [2.24, 2.45) is 0 Å². The summed E-state index contributed by atoms with van der Waals surface area (Å²) in [6.45, 7) is 8.52. The number of hydrogen-bond acceptors (Lipinski definition) is 3. The highest BCUT2D eigenvalue weighted by molar-refractivity contribution is 7.20. The summed E-state index contributed by atoms with van der Waals surface area (Å²) in [5, 5.41) is 5.76. The largest absolute Gasteiger partial charge is 0.338 e. The Morgan fingerprint density at radius 1 is 1.24 bits per heavy atom. The first-order valence-electron chi connectivity index (χ1n) is 8.94. The molecular formula is C20H25N3OS. The molecule has 0 fully saturated rings. The molecule has 0 unspecified atom stereocenters. The van der Waals surface area contributed by atoms with E-state index in [-0.39, 0.29) is 5.91 Å². The molecule has 3 aromatic rings. The highest BCUT2D eigenvalue weighted by Crippen LogP contribution is 2.29. The van der Waals surface area contributed by atoms with Crippen LogP contribution in [0.4, 0.5) is 0 Å². The van der Waals surface area contributed by atoms with E-state index in [9.17, 15) is 4.79 Å². The van der Waals surface area contributed by atoms with Crippen molar-refractivity contribution in [2.45, 2.75) is 40.2 Å². The summed E-state index contributed by atoms with van der Waals surface area (Å²) < 4.78 is 2.02. The summed E-state index contributed by atoms with van der Waals surface area (Å²) in [5.74, 6) is 0.141. The second-order valence-corrected chi connectivity index (χ2v) is 7.33. The first kappa shape index (κ1) is 17.7. The molecular weight excluding hydrogens is 330 g/mol. The van der Waals surface area contributed by atoms with Crippen LogP contribution in [-0.4, -0.2) is 33.7 Å². The van der Waals surface area contributed by atoms with E-state index in [0.29, 0.717) is 0 Å². The van der Waals surface area contributed by atoms with Crippen molar-refractivity contribution in [2.75, 3.05) is 13.1 Å². The Morgan fingerprint density at radius 2 is 2.00 bits per heavy atom. The van der Waals surface area contributed by atoms with E-state index in [1.165, 1.54) is 5.56 Å². The second-order valence-electron chi connectivity index (χ2n) is 6.30. The van der Waals surface area contributed by atoms with Gasteiger partial charge in [0.2, 0.25) is 0 Å². The lowest BCUT2D eigenvalue weighted by Gasteiger charge is -2.19. The molecule has 0 aliphatic heterocycles. The predicted octanol–water partition coefficient (Wildman–Crippen LogP) is 4.72. The predicted molar refractivity (Wildman–Crippen MR) is 104 cm³/mol. The second kappa shape index (κ2) is 7.83. The van der Waals surface area contributed by atoms with Gasteiger partial charge < -0.3 is 4.90 Å². The molecule has 2 heterocycles. The molecule has 0 N–H and O–H groups in total. The highest BCUT2D eigenvalue weighted by atomic mass is 32.1. The van der Waals surface area contributed by atoms with Crippen LogP contribution in [0.15, 0.2) is 36.4 Å². The van der Waals surface area contributed by atoms with E-state index in [4.69, 9.17) is 0 Å². The number of unbranched alkanes of at least 4 members (excludes halogenated alkanes) is 1.